The number of methoxy groups -OCH3 is 1. The predicted octanol–water partition coefficient (Wildman–Crippen LogP) is 5.54. The van der Waals surface area contributed by atoms with Crippen LogP contribution in [0.2, 0.25) is 0 Å². The van der Waals surface area contributed by atoms with E-state index in [2.05, 4.69) is 5.32 Å². The van der Waals surface area contributed by atoms with E-state index in [1.165, 1.54) is 7.11 Å². The molecule has 1 N–H and O–H groups in total. The first-order valence-electron chi connectivity index (χ1n) is 13.6. The van der Waals surface area contributed by atoms with Crippen LogP contribution in [-0.4, -0.2) is 62.7 Å². The summed E-state index contributed by atoms with van der Waals surface area (Å²) in [6.45, 7) is 1.22. The molecule has 0 aromatic heterocycles. The van der Waals surface area contributed by atoms with Gasteiger partial charge in [-0.3, -0.25) is 14.6 Å². The van der Waals surface area contributed by atoms with E-state index < -0.39 is 11.9 Å². The lowest BCUT2D eigenvalue weighted by Crippen LogP contribution is -2.36. The van der Waals surface area contributed by atoms with E-state index in [-0.39, 0.29) is 11.8 Å². The Kier molecular flexibility index (Phi) is 8.55. The molecule has 1 atom stereocenters. The molecule has 0 saturated carbocycles. The van der Waals surface area contributed by atoms with Gasteiger partial charge in [0.2, 0.25) is 5.91 Å². The number of benzene rings is 4. The lowest BCUT2D eigenvalue weighted by Gasteiger charge is -2.25. The lowest BCUT2D eigenvalue weighted by atomic mass is 9.90. The predicted molar refractivity (Wildman–Crippen MR) is 165 cm³/mol. The first kappa shape index (κ1) is 28.4. The monoisotopic (exact) mass is 560 g/mol. The lowest BCUT2D eigenvalue weighted by molar-refractivity contribution is -0.115. The molecule has 0 radical (unpaired) electrons. The van der Waals surface area contributed by atoms with Gasteiger partial charge in [0.05, 0.1) is 24.1 Å². The van der Waals surface area contributed by atoms with Gasteiger partial charge in [0.1, 0.15) is 5.92 Å². The molecule has 0 saturated heterocycles. The van der Waals surface area contributed by atoms with E-state index in [4.69, 9.17) is 9.73 Å². The Morgan fingerprint density at radius 3 is 2.07 bits per heavy atom. The highest BCUT2D eigenvalue weighted by Gasteiger charge is 2.36. The fraction of sp³-hybridized carbons (Fsp3) is 0.176. The van der Waals surface area contributed by atoms with Crippen LogP contribution in [0.15, 0.2) is 108 Å². The van der Waals surface area contributed by atoms with Crippen LogP contribution in [0, 0.1) is 0 Å². The van der Waals surface area contributed by atoms with E-state index >= 15 is 0 Å². The van der Waals surface area contributed by atoms with Gasteiger partial charge in [-0.2, -0.15) is 0 Å². The molecule has 5 rings (SSSR count). The molecule has 8 nitrogen and oxygen atoms in total. The van der Waals surface area contributed by atoms with Crippen LogP contribution in [0.4, 0.5) is 17.1 Å². The first-order chi connectivity index (χ1) is 20.4. The summed E-state index contributed by atoms with van der Waals surface area (Å²) in [6, 6.07) is 31.3. The minimum atomic E-state index is -0.676. The van der Waals surface area contributed by atoms with Gasteiger partial charge in [-0.25, -0.2) is 4.79 Å². The maximum Gasteiger partial charge on any atom is 0.337 e. The Labute approximate surface area is 245 Å². The van der Waals surface area contributed by atoms with Crippen molar-refractivity contribution in [2.45, 2.75) is 5.92 Å². The average Bonchev–Trinajstić information content (AvgIpc) is 3.35. The number of hydrogen-bond acceptors (Lipinski definition) is 6. The SMILES string of the molecule is COC(=O)c1ccc2c(c1)NC(=O)C2C(=Nc1ccc(N(CCN(C)C)C(=O)c2ccccc2)cc1)c1ccccc1. The molecular formula is C34H32N4O4. The van der Waals surface area contributed by atoms with E-state index in [0.717, 1.165) is 16.8 Å². The third-order valence-electron chi connectivity index (χ3n) is 7.10. The second-order valence-electron chi connectivity index (χ2n) is 10.2. The summed E-state index contributed by atoms with van der Waals surface area (Å²) >= 11 is 0. The minimum absolute atomic E-state index is 0.0794. The molecule has 4 aromatic rings. The van der Waals surface area contributed by atoms with Crippen molar-refractivity contribution in [3.05, 3.63) is 125 Å². The number of hydrogen-bond donors (Lipinski definition) is 1. The van der Waals surface area contributed by atoms with Crippen molar-refractivity contribution < 1.29 is 19.1 Å². The standard InChI is InChI=1S/C34H32N4O4/c1-37(2)20-21-38(33(40)24-12-8-5-9-13-24)27-17-15-26(16-18-27)35-31(23-10-6-4-7-11-23)30-28-19-14-25(34(41)42-3)22-29(28)36-32(30)39/h4-19,22,30H,20-21H2,1-3H3,(H,36,39). The number of nitrogens with one attached hydrogen (secondary N) is 1. The van der Waals surface area contributed by atoms with E-state index in [1.54, 1.807) is 23.1 Å². The summed E-state index contributed by atoms with van der Waals surface area (Å²) in [4.78, 5) is 47.6. The topological polar surface area (TPSA) is 91.3 Å². The van der Waals surface area contributed by atoms with Gasteiger partial charge in [0.25, 0.3) is 5.91 Å². The summed E-state index contributed by atoms with van der Waals surface area (Å²) in [5, 5.41) is 2.90. The zero-order valence-electron chi connectivity index (χ0n) is 23.8. The van der Waals surface area contributed by atoms with Crippen molar-refractivity contribution in [3.8, 4) is 0 Å². The molecule has 0 aliphatic carbocycles. The molecule has 0 spiro atoms. The number of esters is 1. The fourth-order valence-electron chi connectivity index (χ4n) is 4.91. The number of rotatable bonds is 9. The molecule has 2 amide bonds. The second kappa shape index (κ2) is 12.6. The molecular weight excluding hydrogens is 528 g/mol. The van der Waals surface area contributed by atoms with Crippen molar-refractivity contribution >= 4 is 40.6 Å². The minimum Gasteiger partial charge on any atom is -0.465 e. The Morgan fingerprint density at radius 1 is 0.810 bits per heavy atom. The maximum absolute atomic E-state index is 13.4. The van der Waals surface area contributed by atoms with Crippen LogP contribution >= 0.6 is 0 Å². The number of carbonyl (C=O) groups excluding carboxylic acids is 3. The molecule has 1 aliphatic rings. The summed E-state index contributed by atoms with van der Waals surface area (Å²) in [6.07, 6.45) is 0. The van der Waals surface area contributed by atoms with Gasteiger partial charge in [0.15, 0.2) is 0 Å². The highest BCUT2D eigenvalue weighted by molar-refractivity contribution is 6.24. The number of anilines is 2. The van der Waals surface area contributed by atoms with E-state index in [1.807, 2.05) is 104 Å². The number of likely N-dealkylation sites (N-methyl/N-ethyl adjacent to an activating group) is 1. The van der Waals surface area contributed by atoms with Crippen molar-refractivity contribution in [1.29, 1.82) is 0 Å². The van der Waals surface area contributed by atoms with Crippen LogP contribution in [0.25, 0.3) is 0 Å². The zero-order chi connectivity index (χ0) is 29.6. The quantitative estimate of drug-likeness (QED) is 0.215. The number of ether oxygens (including phenoxy) is 1. The van der Waals surface area contributed by atoms with Crippen LogP contribution in [0.1, 0.15) is 37.8 Å². The second-order valence-corrected chi connectivity index (χ2v) is 10.2. The van der Waals surface area contributed by atoms with Crippen molar-refractivity contribution in [2.24, 2.45) is 4.99 Å². The van der Waals surface area contributed by atoms with Crippen molar-refractivity contribution in [2.75, 3.05) is 44.5 Å². The maximum atomic E-state index is 13.4. The molecule has 1 unspecified atom stereocenters. The average molecular weight is 561 g/mol. The van der Waals surface area contributed by atoms with Crippen molar-refractivity contribution in [1.82, 2.24) is 4.90 Å². The van der Waals surface area contributed by atoms with Crippen LogP contribution in [-0.2, 0) is 9.53 Å². The van der Waals surface area contributed by atoms with Gasteiger partial charge in [-0.05, 0) is 73.8 Å². The fourth-order valence-corrected chi connectivity index (χ4v) is 4.91. The smallest absolute Gasteiger partial charge is 0.337 e. The molecule has 1 heterocycles. The molecule has 4 aromatic carbocycles. The largest absolute Gasteiger partial charge is 0.465 e. The summed E-state index contributed by atoms with van der Waals surface area (Å²) in [5.41, 5.74) is 5.04. The zero-order valence-corrected chi connectivity index (χ0v) is 23.8. The van der Waals surface area contributed by atoms with Crippen LogP contribution < -0.4 is 10.2 Å². The summed E-state index contributed by atoms with van der Waals surface area (Å²) in [7, 11) is 5.27. The normalized spacial score (nSPS) is 14.3. The van der Waals surface area contributed by atoms with Crippen LogP contribution in [0.3, 0.4) is 0 Å². The number of fused-ring (bicyclic) bond motifs is 1. The third-order valence-corrected chi connectivity index (χ3v) is 7.10. The molecule has 42 heavy (non-hydrogen) atoms. The highest BCUT2D eigenvalue weighted by Crippen LogP contribution is 2.37. The Hall–Kier alpha value is -5.08. The van der Waals surface area contributed by atoms with Gasteiger partial charge in [-0.15, -0.1) is 0 Å². The van der Waals surface area contributed by atoms with E-state index in [9.17, 15) is 14.4 Å². The van der Waals surface area contributed by atoms with Crippen LogP contribution in [0.5, 0.6) is 0 Å². The molecule has 0 bridgehead atoms. The first-order valence-corrected chi connectivity index (χ1v) is 13.6. The van der Waals surface area contributed by atoms with Gasteiger partial charge < -0.3 is 19.9 Å². The number of amides is 2. The third kappa shape index (κ3) is 6.14. The van der Waals surface area contributed by atoms with Gasteiger partial charge in [-0.1, -0.05) is 54.6 Å². The molecule has 1 aliphatic heterocycles. The van der Waals surface area contributed by atoms with Crippen molar-refractivity contribution in [3.63, 3.8) is 0 Å². The number of carbonyl (C=O) groups is 3. The summed E-state index contributed by atoms with van der Waals surface area (Å²) in [5.74, 6) is -1.46. The van der Waals surface area contributed by atoms with Gasteiger partial charge in [0, 0.05) is 30.0 Å². The van der Waals surface area contributed by atoms with Gasteiger partial charge >= 0.3 is 5.97 Å². The van der Waals surface area contributed by atoms with E-state index in [0.29, 0.717) is 41.3 Å². The Bertz CT molecular complexity index is 1620. The molecule has 212 valence electrons. The number of nitrogens with zero attached hydrogens (tertiary/aromatic N) is 3. The molecule has 8 heteroatoms. The Morgan fingerprint density at radius 2 is 1.45 bits per heavy atom. The Balaban J connectivity index is 1.51. The highest BCUT2D eigenvalue weighted by atomic mass is 16.5. The number of aliphatic imine (C=N–C) groups is 1. The molecule has 0 fully saturated rings. The summed E-state index contributed by atoms with van der Waals surface area (Å²) < 4.78 is 4.84.